The Labute approximate surface area is 118 Å². The van der Waals surface area contributed by atoms with E-state index in [0.717, 1.165) is 0 Å². The smallest absolute Gasteiger partial charge is 0.387 e. The van der Waals surface area contributed by atoms with Crippen LogP contribution in [0.3, 0.4) is 0 Å². The number of aromatic nitrogens is 2. The average Bonchev–Trinajstić information content (AvgIpc) is 2.46. The number of halogens is 2. The first-order valence-corrected chi connectivity index (χ1v) is 5.84. The van der Waals surface area contributed by atoms with Crippen LogP contribution in [0, 0.1) is 0 Å². The van der Waals surface area contributed by atoms with Crippen LogP contribution in [-0.4, -0.2) is 22.5 Å². The highest BCUT2D eigenvalue weighted by Gasteiger charge is 2.15. The minimum Gasteiger partial charge on any atom is -0.456 e. The summed E-state index contributed by atoms with van der Waals surface area (Å²) in [5.41, 5.74) is 5.65. The number of benzene rings is 1. The van der Waals surface area contributed by atoms with E-state index in [0.29, 0.717) is 5.56 Å². The molecule has 6 nitrogen and oxygen atoms in total. The summed E-state index contributed by atoms with van der Waals surface area (Å²) < 4.78 is 33.8. The van der Waals surface area contributed by atoms with Crippen molar-refractivity contribution >= 4 is 11.8 Å². The van der Waals surface area contributed by atoms with Gasteiger partial charge in [-0.3, -0.25) is 0 Å². The zero-order valence-electron chi connectivity index (χ0n) is 10.7. The summed E-state index contributed by atoms with van der Waals surface area (Å²) in [6.45, 7) is -3.21. The number of esters is 1. The summed E-state index contributed by atoms with van der Waals surface area (Å²) in [5.74, 6) is -0.931. The largest absolute Gasteiger partial charge is 0.456 e. The van der Waals surface area contributed by atoms with E-state index in [2.05, 4.69) is 14.7 Å². The number of nitrogens with zero attached hydrogens (tertiary/aromatic N) is 2. The van der Waals surface area contributed by atoms with Crippen molar-refractivity contribution in [3.8, 4) is 5.75 Å². The van der Waals surface area contributed by atoms with Gasteiger partial charge in [-0.05, 0) is 6.07 Å². The summed E-state index contributed by atoms with van der Waals surface area (Å²) in [5, 5.41) is 0. The predicted molar refractivity (Wildman–Crippen MR) is 68.6 cm³/mol. The zero-order valence-corrected chi connectivity index (χ0v) is 10.7. The first kappa shape index (κ1) is 14.6. The van der Waals surface area contributed by atoms with E-state index >= 15 is 0 Å². The van der Waals surface area contributed by atoms with E-state index in [9.17, 15) is 13.6 Å². The number of anilines is 1. The number of nitrogen functional groups attached to an aromatic ring is 1. The van der Waals surface area contributed by atoms with Crippen molar-refractivity contribution in [3.05, 3.63) is 47.9 Å². The predicted octanol–water partition coefficient (Wildman–Crippen LogP) is 2.02. The number of alkyl halides is 2. The first-order valence-electron chi connectivity index (χ1n) is 5.84. The Bertz CT molecular complexity index is 638. The normalized spacial score (nSPS) is 10.4. The van der Waals surface area contributed by atoms with Crippen molar-refractivity contribution in [2.45, 2.75) is 13.2 Å². The molecule has 1 heterocycles. The fourth-order valence-corrected chi connectivity index (χ4v) is 1.55. The SMILES string of the molecule is Nc1nccnc1C(=O)OCc1ccccc1OC(F)F. The molecule has 0 aliphatic rings. The van der Waals surface area contributed by atoms with E-state index in [1.807, 2.05) is 0 Å². The lowest BCUT2D eigenvalue weighted by molar-refractivity contribution is -0.0510. The molecule has 0 saturated heterocycles. The molecule has 8 heteroatoms. The molecule has 0 unspecified atom stereocenters. The van der Waals surface area contributed by atoms with Gasteiger partial charge in [0, 0.05) is 18.0 Å². The fourth-order valence-electron chi connectivity index (χ4n) is 1.55. The minimum absolute atomic E-state index is 0.0626. The molecule has 110 valence electrons. The molecule has 1 aromatic carbocycles. The highest BCUT2D eigenvalue weighted by molar-refractivity contribution is 5.91. The second-order valence-corrected chi connectivity index (χ2v) is 3.85. The van der Waals surface area contributed by atoms with Crippen molar-refractivity contribution in [1.82, 2.24) is 9.97 Å². The number of ether oxygens (including phenoxy) is 2. The van der Waals surface area contributed by atoms with Crippen molar-refractivity contribution in [1.29, 1.82) is 0 Å². The fraction of sp³-hybridized carbons (Fsp3) is 0.154. The molecule has 21 heavy (non-hydrogen) atoms. The highest BCUT2D eigenvalue weighted by atomic mass is 19.3. The quantitative estimate of drug-likeness (QED) is 0.849. The van der Waals surface area contributed by atoms with Gasteiger partial charge in [-0.25, -0.2) is 14.8 Å². The lowest BCUT2D eigenvalue weighted by Crippen LogP contribution is -2.12. The Balaban J connectivity index is 2.07. The average molecular weight is 295 g/mol. The van der Waals surface area contributed by atoms with Crippen molar-refractivity contribution in [2.24, 2.45) is 0 Å². The third-order valence-corrected chi connectivity index (χ3v) is 2.47. The molecule has 2 N–H and O–H groups in total. The van der Waals surface area contributed by atoms with E-state index in [1.165, 1.54) is 30.6 Å². The lowest BCUT2D eigenvalue weighted by Gasteiger charge is -2.11. The van der Waals surface area contributed by atoms with Gasteiger partial charge in [0.25, 0.3) is 0 Å². The van der Waals surface area contributed by atoms with Crippen LogP contribution in [-0.2, 0) is 11.3 Å². The minimum atomic E-state index is -2.96. The summed E-state index contributed by atoms with van der Waals surface area (Å²) in [7, 11) is 0. The van der Waals surface area contributed by atoms with E-state index < -0.39 is 12.6 Å². The van der Waals surface area contributed by atoms with Gasteiger partial charge >= 0.3 is 12.6 Å². The Kier molecular flexibility index (Phi) is 4.60. The number of rotatable bonds is 5. The number of nitrogens with two attached hydrogens (primary N) is 1. The molecule has 1 aromatic heterocycles. The molecular formula is C13H11F2N3O3. The van der Waals surface area contributed by atoms with Gasteiger partial charge in [0.05, 0.1) is 0 Å². The first-order chi connectivity index (χ1) is 10.1. The van der Waals surface area contributed by atoms with E-state index in [1.54, 1.807) is 6.07 Å². The molecule has 0 aliphatic heterocycles. The maximum atomic E-state index is 12.3. The topological polar surface area (TPSA) is 87.3 Å². The summed E-state index contributed by atoms with van der Waals surface area (Å²) in [6.07, 6.45) is 2.62. The molecule has 0 amide bonds. The molecule has 2 aromatic rings. The van der Waals surface area contributed by atoms with Crippen LogP contribution >= 0.6 is 0 Å². The monoisotopic (exact) mass is 295 g/mol. The number of para-hydroxylation sites is 1. The third kappa shape index (κ3) is 3.85. The third-order valence-electron chi connectivity index (χ3n) is 2.47. The second kappa shape index (κ2) is 6.60. The summed E-state index contributed by atoms with van der Waals surface area (Å²) in [6, 6.07) is 6.00. The van der Waals surface area contributed by atoms with Crippen LogP contribution in [0.1, 0.15) is 16.1 Å². The molecule has 0 spiro atoms. The number of hydrogen-bond donors (Lipinski definition) is 1. The summed E-state index contributed by atoms with van der Waals surface area (Å²) in [4.78, 5) is 19.2. The van der Waals surface area contributed by atoms with Crippen molar-refractivity contribution in [2.75, 3.05) is 5.73 Å². The van der Waals surface area contributed by atoms with Gasteiger partial charge in [-0.2, -0.15) is 8.78 Å². The molecule has 0 atom stereocenters. The number of carbonyl (C=O) groups excluding carboxylic acids is 1. The van der Waals surface area contributed by atoms with Gasteiger partial charge in [0.15, 0.2) is 11.5 Å². The van der Waals surface area contributed by atoms with Crippen LogP contribution in [0.5, 0.6) is 5.75 Å². The van der Waals surface area contributed by atoms with Gasteiger partial charge in [-0.1, -0.05) is 18.2 Å². The summed E-state index contributed by atoms with van der Waals surface area (Å²) >= 11 is 0. The molecule has 0 aliphatic carbocycles. The van der Waals surface area contributed by atoms with Gasteiger partial charge in [-0.15, -0.1) is 0 Å². The molecule has 0 bridgehead atoms. The van der Waals surface area contributed by atoms with Crippen LogP contribution in [0.4, 0.5) is 14.6 Å². The standard InChI is InChI=1S/C13H11F2N3O3/c14-13(15)21-9-4-2-1-3-8(9)7-20-12(19)10-11(16)18-6-5-17-10/h1-6,13H,7H2,(H2,16,18). The Morgan fingerprint density at radius 2 is 1.95 bits per heavy atom. The van der Waals surface area contributed by atoms with Gasteiger partial charge in [0.2, 0.25) is 0 Å². The van der Waals surface area contributed by atoms with Crippen LogP contribution in [0.15, 0.2) is 36.7 Å². The zero-order chi connectivity index (χ0) is 15.2. The van der Waals surface area contributed by atoms with Crippen LogP contribution < -0.4 is 10.5 Å². The van der Waals surface area contributed by atoms with E-state index in [-0.39, 0.29) is 23.9 Å². The van der Waals surface area contributed by atoms with Crippen LogP contribution in [0.25, 0.3) is 0 Å². The highest BCUT2D eigenvalue weighted by Crippen LogP contribution is 2.21. The van der Waals surface area contributed by atoms with E-state index in [4.69, 9.17) is 10.5 Å². The van der Waals surface area contributed by atoms with Gasteiger partial charge in [0.1, 0.15) is 12.4 Å². The Hall–Kier alpha value is -2.77. The Morgan fingerprint density at radius 3 is 2.67 bits per heavy atom. The van der Waals surface area contributed by atoms with Gasteiger partial charge < -0.3 is 15.2 Å². The van der Waals surface area contributed by atoms with Crippen LogP contribution in [0.2, 0.25) is 0 Å². The molecule has 0 saturated carbocycles. The molecule has 0 radical (unpaired) electrons. The number of carbonyl (C=O) groups is 1. The Morgan fingerprint density at radius 1 is 1.24 bits per heavy atom. The lowest BCUT2D eigenvalue weighted by atomic mass is 10.2. The number of hydrogen-bond acceptors (Lipinski definition) is 6. The molecule has 2 rings (SSSR count). The van der Waals surface area contributed by atoms with Crippen molar-refractivity contribution in [3.63, 3.8) is 0 Å². The second-order valence-electron chi connectivity index (χ2n) is 3.85. The molecule has 0 fully saturated rings. The molecular weight excluding hydrogens is 284 g/mol. The van der Waals surface area contributed by atoms with Crippen molar-refractivity contribution < 1.29 is 23.0 Å². The maximum Gasteiger partial charge on any atom is 0.387 e. The maximum absolute atomic E-state index is 12.3.